The van der Waals surface area contributed by atoms with Gasteiger partial charge in [0.15, 0.2) is 0 Å². The molecular formula is C17H15N3O2. The van der Waals surface area contributed by atoms with Gasteiger partial charge in [0, 0.05) is 24.4 Å². The Morgan fingerprint density at radius 1 is 1.27 bits per heavy atom. The maximum Gasteiger partial charge on any atom is 0.237 e. The normalized spacial score (nSPS) is 21.4. The molecule has 1 spiro atoms. The number of hydrogen-bond donors (Lipinski definition) is 2. The van der Waals surface area contributed by atoms with E-state index in [1.807, 2.05) is 30.3 Å². The zero-order valence-corrected chi connectivity index (χ0v) is 12.1. The Balaban J connectivity index is 1.75. The largest absolute Gasteiger partial charge is 0.326 e. The summed E-state index contributed by atoms with van der Waals surface area (Å²) in [6, 6.07) is 9.69. The number of carbonyl (C=O) groups is 2. The first kappa shape index (κ1) is 13.0. The molecule has 0 saturated heterocycles. The summed E-state index contributed by atoms with van der Waals surface area (Å²) < 4.78 is 0. The zero-order chi connectivity index (χ0) is 15.3. The van der Waals surface area contributed by atoms with Crippen molar-refractivity contribution in [3.63, 3.8) is 0 Å². The van der Waals surface area contributed by atoms with Gasteiger partial charge in [-0.05, 0) is 42.2 Å². The molecule has 2 N–H and O–H groups in total. The van der Waals surface area contributed by atoms with E-state index in [1.54, 1.807) is 6.20 Å². The van der Waals surface area contributed by atoms with Crippen molar-refractivity contribution < 1.29 is 9.59 Å². The van der Waals surface area contributed by atoms with Crippen molar-refractivity contribution in [2.75, 3.05) is 10.6 Å². The highest BCUT2D eigenvalue weighted by Gasteiger charge is 2.50. The van der Waals surface area contributed by atoms with Crippen molar-refractivity contribution >= 4 is 23.3 Å². The predicted octanol–water partition coefficient (Wildman–Crippen LogP) is 2.03. The number of hydrogen-bond acceptors (Lipinski definition) is 3. The van der Waals surface area contributed by atoms with Crippen LogP contribution >= 0.6 is 0 Å². The highest BCUT2D eigenvalue weighted by atomic mass is 16.2. The van der Waals surface area contributed by atoms with Gasteiger partial charge in [0.25, 0.3) is 0 Å². The average Bonchev–Trinajstić information content (AvgIpc) is 2.98. The van der Waals surface area contributed by atoms with Gasteiger partial charge in [-0.1, -0.05) is 12.1 Å². The molecule has 4 rings (SSSR count). The number of aromatic nitrogens is 1. The lowest BCUT2D eigenvalue weighted by Gasteiger charge is -2.20. The third-order valence-electron chi connectivity index (χ3n) is 4.50. The van der Waals surface area contributed by atoms with E-state index >= 15 is 0 Å². The minimum absolute atomic E-state index is 0.0125. The van der Waals surface area contributed by atoms with Crippen LogP contribution in [0.15, 0.2) is 36.5 Å². The first-order chi connectivity index (χ1) is 10.6. The molecule has 0 radical (unpaired) electrons. The Labute approximate surface area is 127 Å². The van der Waals surface area contributed by atoms with Gasteiger partial charge in [0.1, 0.15) is 5.82 Å². The summed E-state index contributed by atoms with van der Waals surface area (Å²) in [6.07, 6.45) is 3.00. The van der Waals surface area contributed by atoms with Crippen LogP contribution in [0, 0.1) is 0 Å². The van der Waals surface area contributed by atoms with Gasteiger partial charge in [-0.3, -0.25) is 9.59 Å². The molecule has 0 fully saturated rings. The molecule has 1 aromatic heterocycles. The Morgan fingerprint density at radius 2 is 2.09 bits per heavy atom. The van der Waals surface area contributed by atoms with Gasteiger partial charge in [-0.25, -0.2) is 4.98 Å². The predicted molar refractivity (Wildman–Crippen MR) is 82.7 cm³/mol. The molecule has 1 atom stereocenters. The summed E-state index contributed by atoms with van der Waals surface area (Å²) in [5, 5.41) is 5.68. The van der Waals surface area contributed by atoms with Gasteiger partial charge >= 0.3 is 0 Å². The van der Waals surface area contributed by atoms with Crippen LogP contribution in [0.2, 0.25) is 0 Å². The SMILES string of the molecule is CC(=O)Nc1ccc2c(c1)C[C@@]1(C2)C(=O)Nc2ncccc21. The van der Waals surface area contributed by atoms with E-state index in [4.69, 9.17) is 0 Å². The molecule has 2 aliphatic rings. The van der Waals surface area contributed by atoms with E-state index in [1.165, 1.54) is 6.92 Å². The van der Waals surface area contributed by atoms with Crippen molar-refractivity contribution in [1.29, 1.82) is 0 Å². The summed E-state index contributed by atoms with van der Waals surface area (Å²) in [7, 11) is 0. The average molecular weight is 293 g/mol. The number of rotatable bonds is 1. The second kappa shape index (κ2) is 4.40. The monoisotopic (exact) mass is 293 g/mol. The molecule has 0 unspecified atom stereocenters. The maximum absolute atomic E-state index is 12.6. The maximum atomic E-state index is 12.6. The standard InChI is InChI=1S/C17H15N3O2/c1-10(21)19-13-5-4-11-8-17(9-12(11)7-13)14-3-2-6-18-15(14)20-16(17)22/h2-7H,8-9H2,1H3,(H,19,21)(H,18,20,22)/t17-/m1/s1. The number of pyridine rings is 1. The van der Waals surface area contributed by atoms with Crippen molar-refractivity contribution in [2.24, 2.45) is 0 Å². The Kier molecular flexibility index (Phi) is 2.60. The number of nitrogens with one attached hydrogen (secondary N) is 2. The molecule has 1 aliphatic heterocycles. The molecule has 1 aliphatic carbocycles. The van der Waals surface area contributed by atoms with Gasteiger partial charge in [0.05, 0.1) is 5.41 Å². The second-order valence-corrected chi connectivity index (χ2v) is 5.95. The molecule has 0 saturated carbocycles. The quantitative estimate of drug-likeness (QED) is 0.845. The van der Waals surface area contributed by atoms with Crippen molar-refractivity contribution in [2.45, 2.75) is 25.2 Å². The van der Waals surface area contributed by atoms with Crippen LogP contribution in [0.4, 0.5) is 11.5 Å². The lowest BCUT2D eigenvalue weighted by molar-refractivity contribution is -0.120. The first-order valence-corrected chi connectivity index (χ1v) is 7.25. The van der Waals surface area contributed by atoms with Crippen molar-refractivity contribution in [1.82, 2.24) is 4.98 Å². The van der Waals surface area contributed by atoms with E-state index in [-0.39, 0.29) is 11.8 Å². The van der Waals surface area contributed by atoms with Crippen LogP contribution in [0.3, 0.4) is 0 Å². The summed E-state index contributed by atoms with van der Waals surface area (Å²) in [4.78, 5) is 28.0. The minimum atomic E-state index is -0.555. The smallest absolute Gasteiger partial charge is 0.237 e. The third kappa shape index (κ3) is 1.75. The summed E-state index contributed by atoms with van der Waals surface area (Å²) in [6.45, 7) is 1.49. The van der Waals surface area contributed by atoms with Crippen LogP contribution in [0.1, 0.15) is 23.6 Å². The number of carbonyl (C=O) groups excluding carboxylic acids is 2. The summed E-state index contributed by atoms with van der Waals surface area (Å²) in [5.41, 5.74) is 3.45. The van der Waals surface area contributed by atoms with Gasteiger partial charge < -0.3 is 10.6 Å². The fraction of sp³-hybridized carbons (Fsp3) is 0.235. The molecule has 0 bridgehead atoms. The molecule has 110 valence electrons. The Hall–Kier alpha value is -2.69. The number of benzene rings is 1. The molecule has 2 heterocycles. The molecule has 22 heavy (non-hydrogen) atoms. The molecule has 5 nitrogen and oxygen atoms in total. The lowest BCUT2D eigenvalue weighted by Crippen LogP contribution is -2.35. The fourth-order valence-electron chi connectivity index (χ4n) is 3.55. The van der Waals surface area contributed by atoms with E-state index < -0.39 is 5.41 Å². The number of anilines is 2. The molecular weight excluding hydrogens is 278 g/mol. The topological polar surface area (TPSA) is 71.1 Å². The van der Waals surface area contributed by atoms with Crippen LogP contribution in [0.5, 0.6) is 0 Å². The molecule has 5 heteroatoms. The number of fused-ring (bicyclic) bond motifs is 3. The zero-order valence-electron chi connectivity index (χ0n) is 12.1. The lowest BCUT2D eigenvalue weighted by atomic mass is 9.79. The van der Waals surface area contributed by atoms with Crippen LogP contribution in [-0.4, -0.2) is 16.8 Å². The van der Waals surface area contributed by atoms with Crippen LogP contribution < -0.4 is 10.6 Å². The summed E-state index contributed by atoms with van der Waals surface area (Å²) in [5.74, 6) is 0.585. The van der Waals surface area contributed by atoms with E-state index in [2.05, 4.69) is 15.6 Å². The highest BCUT2D eigenvalue weighted by molar-refractivity contribution is 6.06. The molecule has 2 aromatic rings. The van der Waals surface area contributed by atoms with Crippen LogP contribution in [0.25, 0.3) is 0 Å². The Morgan fingerprint density at radius 3 is 2.91 bits per heavy atom. The number of amides is 2. The van der Waals surface area contributed by atoms with Crippen molar-refractivity contribution in [3.05, 3.63) is 53.2 Å². The van der Waals surface area contributed by atoms with E-state index in [0.29, 0.717) is 18.7 Å². The van der Waals surface area contributed by atoms with E-state index in [0.717, 1.165) is 22.4 Å². The summed E-state index contributed by atoms with van der Waals surface area (Å²) >= 11 is 0. The van der Waals surface area contributed by atoms with Gasteiger partial charge in [-0.15, -0.1) is 0 Å². The Bertz CT molecular complexity index is 815. The molecule has 2 amide bonds. The highest BCUT2D eigenvalue weighted by Crippen LogP contribution is 2.46. The third-order valence-corrected chi connectivity index (χ3v) is 4.50. The number of nitrogens with zero attached hydrogens (tertiary/aromatic N) is 1. The second-order valence-electron chi connectivity index (χ2n) is 5.95. The molecule has 1 aromatic carbocycles. The van der Waals surface area contributed by atoms with Gasteiger partial charge in [-0.2, -0.15) is 0 Å². The van der Waals surface area contributed by atoms with Gasteiger partial charge in [0.2, 0.25) is 11.8 Å². The fourth-order valence-corrected chi connectivity index (χ4v) is 3.55. The first-order valence-electron chi connectivity index (χ1n) is 7.25. The van der Waals surface area contributed by atoms with E-state index in [9.17, 15) is 9.59 Å². The minimum Gasteiger partial charge on any atom is -0.326 e. The van der Waals surface area contributed by atoms with Crippen molar-refractivity contribution in [3.8, 4) is 0 Å². The van der Waals surface area contributed by atoms with Crippen LogP contribution in [-0.2, 0) is 27.8 Å².